The lowest BCUT2D eigenvalue weighted by molar-refractivity contribution is -0.146. The van der Waals surface area contributed by atoms with Crippen LogP contribution in [0.25, 0.3) is 0 Å². The molecule has 20 heavy (non-hydrogen) atoms. The van der Waals surface area contributed by atoms with E-state index in [4.69, 9.17) is 15.9 Å². The fourth-order valence-corrected chi connectivity index (χ4v) is 1.49. The highest BCUT2D eigenvalue weighted by Crippen LogP contribution is 2.14. The highest BCUT2D eigenvalue weighted by atomic mass is 16.4. The lowest BCUT2D eigenvalue weighted by Crippen LogP contribution is -2.46. The Bertz CT molecular complexity index is 482. The molecule has 6 nitrogen and oxygen atoms in total. The van der Waals surface area contributed by atoms with E-state index in [2.05, 4.69) is 5.32 Å². The summed E-state index contributed by atoms with van der Waals surface area (Å²) < 4.78 is 0. The van der Waals surface area contributed by atoms with Gasteiger partial charge in [0, 0.05) is 6.54 Å². The second kappa shape index (κ2) is 6.38. The fourth-order valence-electron chi connectivity index (χ4n) is 1.49. The van der Waals surface area contributed by atoms with Crippen LogP contribution in [0, 0.1) is 5.41 Å². The zero-order valence-corrected chi connectivity index (χ0v) is 11.6. The molecule has 1 rings (SSSR count). The van der Waals surface area contributed by atoms with Crippen LogP contribution in [0.4, 0.5) is 0 Å². The summed E-state index contributed by atoms with van der Waals surface area (Å²) in [4.78, 5) is 22.7. The van der Waals surface area contributed by atoms with Crippen LogP contribution in [-0.2, 0) is 16.0 Å². The standard InChI is InChI=1S/C14H20N2O4/c1-14(2,13(19)20)8-16-12(18)11(15)7-9-3-5-10(17)6-4-9/h3-6,11,17H,7-8,15H2,1-2H3,(H,16,18)(H,19,20)/t11-/m1/s1. The van der Waals surface area contributed by atoms with Crippen molar-refractivity contribution in [3.05, 3.63) is 29.8 Å². The zero-order chi connectivity index (χ0) is 15.3. The van der Waals surface area contributed by atoms with Gasteiger partial charge in [-0.2, -0.15) is 0 Å². The third-order valence-corrected chi connectivity index (χ3v) is 3.01. The Morgan fingerprint density at radius 3 is 2.35 bits per heavy atom. The number of aliphatic carboxylic acids is 1. The van der Waals surface area contributed by atoms with E-state index in [1.165, 1.54) is 26.0 Å². The molecule has 0 saturated carbocycles. The molecule has 0 aliphatic rings. The quantitative estimate of drug-likeness (QED) is 0.605. The number of rotatable bonds is 6. The Hall–Kier alpha value is -2.08. The number of phenols is 1. The normalized spacial score (nSPS) is 12.8. The number of phenolic OH excluding ortho intramolecular Hbond substituents is 1. The highest BCUT2D eigenvalue weighted by molar-refractivity contribution is 5.83. The Labute approximate surface area is 117 Å². The van der Waals surface area contributed by atoms with Crippen LogP contribution >= 0.6 is 0 Å². The predicted molar refractivity (Wildman–Crippen MR) is 74.2 cm³/mol. The molecule has 6 heteroatoms. The van der Waals surface area contributed by atoms with E-state index in [0.717, 1.165) is 5.56 Å². The zero-order valence-electron chi connectivity index (χ0n) is 11.6. The van der Waals surface area contributed by atoms with Crippen LogP contribution in [0.2, 0.25) is 0 Å². The van der Waals surface area contributed by atoms with Crippen LogP contribution in [0.5, 0.6) is 5.75 Å². The number of carboxylic acid groups (broad SMARTS) is 1. The lowest BCUT2D eigenvalue weighted by Gasteiger charge is -2.21. The van der Waals surface area contributed by atoms with Crippen molar-refractivity contribution in [2.75, 3.05) is 6.54 Å². The first kappa shape index (κ1) is 16.0. The van der Waals surface area contributed by atoms with Gasteiger partial charge in [-0.05, 0) is 38.0 Å². The van der Waals surface area contributed by atoms with Crippen LogP contribution in [0.1, 0.15) is 19.4 Å². The van der Waals surface area contributed by atoms with Gasteiger partial charge in [0.15, 0.2) is 0 Å². The molecule has 1 amide bonds. The Morgan fingerprint density at radius 1 is 1.30 bits per heavy atom. The molecule has 110 valence electrons. The number of aromatic hydroxyl groups is 1. The first-order chi connectivity index (χ1) is 9.22. The number of carbonyl (C=O) groups is 2. The molecule has 0 aliphatic heterocycles. The molecule has 0 saturated heterocycles. The third kappa shape index (κ3) is 4.55. The number of carboxylic acids is 1. The fraction of sp³-hybridized carbons (Fsp3) is 0.429. The van der Waals surface area contributed by atoms with Crippen molar-refractivity contribution in [3.8, 4) is 5.75 Å². The number of nitrogens with two attached hydrogens (primary N) is 1. The van der Waals surface area contributed by atoms with E-state index in [0.29, 0.717) is 6.42 Å². The summed E-state index contributed by atoms with van der Waals surface area (Å²) in [5.41, 5.74) is 5.56. The minimum atomic E-state index is -1.03. The predicted octanol–water partition coefficient (Wildman–Crippen LogP) is 0.489. The molecule has 1 aromatic carbocycles. The molecule has 0 aromatic heterocycles. The number of hydrogen-bond donors (Lipinski definition) is 4. The minimum absolute atomic E-state index is 0.0183. The van der Waals surface area contributed by atoms with E-state index < -0.39 is 23.3 Å². The SMILES string of the molecule is CC(C)(CNC(=O)[C@H](N)Cc1ccc(O)cc1)C(=O)O. The minimum Gasteiger partial charge on any atom is -0.508 e. The second-order valence-corrected chi connectivity index (χ2v) is 5.38. The maximum absolute atomic E-state index is 11.8. The average Bonchev–Trinajstić information content (AvgIpc) is 2.38. The van der Waals surface area contributed by atoms with Gasteiger partial charge >= 0.3 is 5.97 Å². The first-order valence-electron chi connectivity index (χ1n) is 6.27. The highest BCUT2D eigenvalue weighted by Gasteiger charge is 2.28. The summed E-state index contributed by atoms with van der Waals surface area (Å²) in [6.07, 6.45) is 0.319. The summed E-state index contributed by atoms with van der Waals surface area (Å²) in [5, 5.41) is 20.6. The first-order valence-corrected chi connectivity index (χ1v) is 6.27. The Morgan fingerprint density at radius 2 is 1.85 bits per heavy atom. The summed E-state index contributed by atoms with van der Waals surface area (Å²) in [6.45, 7) is 3.08. The molecule has 0 aliphatic carbocycles. The molecule has 0 heterocycles. The number of carbonyl (C=O) groups excluding carboxylic acids is 1. The monoisotopic (exact) mass is 280 g/mol. The van der Waals surface area contributed by atoms with Crippen LogP contribution < -0.4 is 11.1 Å². The molecular weight excluding hydrogens is 260 g/mol. The maximum Gasteiger partial charge on any atom is 0.310 e. The molecule has 0 radical (unpaired) electrons. The van der Waals surface area contributed by atoms with Crippen LogP contribution in [-0.4, -0.2) is 34.7 Å². The van der Waals surface area contributed by atoms with Crippen molar-refractivity contribution in [1.82, 2.24) is 5.32 Å². The van der Waals surface area contributed by atoms with Crippen molar-refractivity contribution >= 4 is 11.9 Å². The number of nitrogens with one attached hydrogen (secondary N) is 1. The van der Waals surface area contributed by atoms with Crippen molar-refractivity contribution in [1.29, 1.82) is 0 Å². The summed E-state index contributed by atoms with van der Waals surface area (Å²) in [5.74, 6) is -1.23. The maximum atomic E-state index is 11.8. The van der Waals surface area contributed by atoms with Crippen molar-refractivity contribution in [3.63, 3.8) is 0 Å². The van der Waals surface area contributed by atoms with E-state index in [9.17, 15) is 9.59 Å². The van der Waals surface area contributed by atoms with Gasteiger partial charge in [-0.1, -0.05) is 12.1 Å². The molecule has 0 fully saturated rings. The summed E-state index contributed by atoms with van der Waals surface area (Å²) in [7, 11) is 0. The van der Waals surface area contributed by atoms with E-state index >= 15 is 0 Å². The molecular formula is C14H20N2O4. The van der Waals surface area contributed by atoms with Gasteiger partial charge in [0.25, 0.3) is 0 Å². The molecule has 0 bridgehead atoms. The van der Waals surface area contributed by atoms with Gasteiger partial charge in [-0.25, -0.2) is 0 Å². The molecule has 0 spiro atoms. The third-order valence-electron chi connectivity index (χ3n) is 3.01. The van der Waals surface area contributed by atoms with E-state index in [1.807, 2.05) is 0 Å². The summed E-state index contributed by atoms with van der Waals surface area (Å²) >= 11 is 0. The van der Waals surface area contributed by atoms with Gasteiger partial charge in [0.05, 0.1) is 11.5 Å². The van der Waals surface area contributed by atoms with Gasteiger partial charge in [-0.3, -0.25) is 9.59 Å². The molecule has 1 aromatic rings. The van der Waals surface area contributed by atoms with Crippen LogP contribution in [0.3, 0.4) is 0 Å². The topological polar surface area (TPSA) is 113 Å². The molecule has 0 unspecified atom stereocenters. The van der Waals surface area contributed by atoms with Crippen molar-refractivity contribution in [2.24, 2.45) is 11.1 Å². The van der Waals surface area contributed by atoms with Gasteiger partial charge in [0.2, 0.25) is 5.91 Å². The van der Waals surface area contributed by atoms with Crippen molar-refractivity contribution < 1.29 is 19.8 Å². The summed E-state index contributed by atoms with van der Waals surface area (Å²) in [6, 6.07) is 5.65. The van der Waals surface area contributed by atoms with Crippen LogP contribution in [0.15, 0.2) is 24.3 Å². The van der Waals surface area contributed by atoms with E-state index in [-0.39, 0.29) is 12.3 Å². The van der Waals surface area contributed by atoms with Gasteiger partial charge in [0.1, 0.15) is 5.75 Å². The Kier molecular flexibility index (Phi) is 5.10. The van der Waals surface area contributed by atoms with Gasteiger partial charge < -0.3 is 21.3 Å². The molecule has 1 atom stereocenters. The number of amides is 1. The largest absolute Gasteiger partial charge is 0.508 e. The Balaban J connectivity index is 2.51. The smallest absolute Gasteiger partial charge is 0.310 e. The van der Waals surface area contributed by atoms with Gasteiger partial charge in [-0.15, -0.1) is 0 Å². The second-order valence-electron chi connectivity index (χ2n) is 5.38. The van der Waals surface area contributed by atoms with E-state index in [1.54, 1.807) is 12.1 Å². The average molecular weight is 280 g/mol. The molecule has 5 N–H and O–H groups in total. The lowest BCUT2D eigenvalue weighted by atomic mass is 9.93. The van der Waals surface area contributed by atoms with Crippen molar-refractivity contribution in [2.45, 2.75) is 26.3 Å². The number of benzene rings is 1. The number of hydrogen-bond acceptors (Lipinski definition) is 4.